The van der Waals surface area contributed by atoms with Crippen LogP contribution < -0.4 is 10.0 Å². The largest absolute Gasteiger partial charge is 0.444 e. The minimum Gasteiger partial charge on any atom is -0.444 e. The normalized spacial score (nSPS) is 16.0. The number of aromatic nitrogens is 1. The highest BCUT2D eigenvalue weighted by atomic mass is 32.2. The Balaban J connectivity index is 2.13. The number of ether oxygens (including phenoxy) is 2. The molecule has 1 unspecified atom stereocenters. The lowest BCUT2D eigenvalue weighted by Gasteiger charge is -2.23. The zero-order valence-electron chi connectivity index (χ0n) is 15.6. The quantitative estimate of drug-likeness (QED) is 0.712. The SMILES string of the molecule is COCCC(NC(=O)OC(C)(C)C)c1cc(NS(=O)(=O)C2CC2)ccn1. The topological polar surface area (TPSA) is 107 Å². The third-order valence-corrected chi connectivity index (χ3v) is 5.53. The van der Waals surface area contributed by atoms with Crippen LogP contribution in [0, 0.1) is 0 Å². The molecule has 146 valence electrons. The molecule has 1 atom stereocenters. The number of sulfonamides is 1. The molecule has 1 saturated carbocycles. The molecule has 1 fully saturated rings. The summed E-state index contributed by atoms with van der Waals surface area (Å²) in [5, 5.41) is 2.45. The van der Waals surface area contributed by atoms with Crippen molar-refractivity contribution in [3.8, 4) is 0 Å². The summed E-state index contributed by atoms with van der Waals surface area (Å²) >= 11 is 0. The smallest absolute Gasteiger partial charge is 0.408 e. The van der Waals surface area contributed by atoms with Gasteiger partial charge in [-0.1, -0.05) is 0 Å². The maximum atomic E-state index is 12.1. The van der Waals surface area contributed by atoms with E-state index in [9.17, 15) is 13.2 Å². The fraction of sp³-hybridized carbons (Fsp3) is 0.647. The molecule has 8 nitrogen and oxygen atoms in total. The number of hydrogen-bond donors (Lipinski definition) is 2. The van der Waals surface area contributed by atoms with Crippen LogP contribution >= 0.6 is 0 Å². The molecule has 1 amide bonds. The van der Waals surface area contributed by atoms with Crippen LogP contribution in [0.1, 0.15) is 51.8 Å². The van der Waals surface area contributed by atoms with Gasteiger partial charge in [-0.3, -0.25) is 9.71 Å². The number of alkyl carbamates (subject to hydrolysis) is 1. The molecule has 0 spiro atoms. The van der Waals surface area contributed by atoms with Crippen molar-refractivity contribution in [2.24, 2.45) is 0 Å². The Kier molecular flexibility index (Phi) is 6.46. The van der Waals surface area contributed by atoms with Gasteiger partial charge < -0.3 is 14.8 Å². The zero-order valence-corrected chi connectivity index (χ0v) is 16.4. The number of methoxy groups -OCH3 is 1. The zero-order chi connectivity index (χ0) is 19.4. The number of hydrogen-bond acceptors (Lipinski definition) is 6. The standard InChI is InChI=1S/C17H27N3O5S/c1-17(2,3)25-16(21)19-14(8-10-24-4)15-11-12(7-9-18-15)20-26(22,23)13-5-6-13/h7,9,11,13-14H,5-6,8,10H2,1-4H3,(H,18,20)(H,19,21). The van der Waals surface area contributed by atoms with E-state index in [0.717, 1.165) is 0 Å². The molecular formula is C17H27N3O5S. The first-order valence-corrected chi connectivity index (χ1v) is 10.1. The molecular weight excluding hydrogens is 358 g/mol. The summed E-state index contributed by atoms with van der Waals surface area (Å²) in [7, 11) is -1.79. The number of amides is 1. The summed E-state index contributed by atoms with van der Waals surface area (Å²) < 4.78 is 37.2. The Labute approximate surface area is 154 Å². The first kappa shape index (κ1) is 20.4. The average Bonchev–Trinajstić information content (AvgIpc) is 3.34. The summed E-state index contributed by atoms with van der Waals surface area (Å²) in [5.74, 6) is 0. The summed E-state index contributed by atoms with van der Waals surface area (Å²) in [5.41, 5.74) is 0.338. The summed E-state index contributed by atoms with van der Waals surface area (Å²) in [6, 6.07) is 2.75. The Morgan fingerprint density at radius 3 is 2.65 bits per heavy atom. The van der Waals surface area contributed by atoms with Gasteiger partial charge in [-0.25, -0.2) is 13.2 Å². The van der Waals surface area contributed by atoms with Crippen molar-refractivity contribution >= 4 is 21.8 Å². The van der Waals surface area contributed by atoms with Gasteiger partial charge in [-0.05, 0) is 52.2 Å². The van der Waals surface area contributed by atoms with Gasteiger partial charge in [-0.15, -0.1) is 0 Å². The van der Waals surface area contributed by atoms with Crippen LogP contribution in [0.4, 0.5) is 10.5 Å². The Bertz CT molecular complexity index is 726. The summed E-state index contributed by atoms with van der Waals surface area (Å²) in [4.78, 5) is 16.4. The number of rotatable bonds is 8. The second-order valence-corrected chi connectivity index (χ2v) is 9.26. The van der Waals surface area contributed by atoms with Gasteiger partial charge in [-0.2, -0.15) is 0 Å². The second-order valence-electron chi connectivity index (χ2n) is 7.30. The Hall–Kier alpha value is -1.87. The van der Waals surface area contributed by atoms with Crippen LogP contribution in [0.3, 0.4) is 0 Å². The molecule has 0 aliphatic heterocycles. The minimum atomic E-state index is -3.36. The average molecular weight is 385 g/mol. The number of nitrogens with zero attached hydrogens (tertiary/aromatic N) is 1. The number of nitrogens with one attached hydrogen (secondary N) is 2. The molecule has 1 aromatic heterocycles. The molecule has 1 heterocycles. The van der Waals surface area contributed by atoms with Gasteiger partial charge in [0.1, 0.15) is 5.60 Å². The van der Waals surface area contributed by atoms with Gasteiger partial charge in [0.25, 0.3) is 0 Å². The minimum absolute atomic E-state index is 0.316. The lowest BCUT2D eigenvalue weighted by Crippen LogP contribution is -2.35. The Morgan fingerprint density at radius 2 is 2.08 bits per heavy atom. The van der Waals surface area contributed by atoms with Crippen molar-refractivity contribution in [1.82, 2.24) is 10.3 Å². The maximum absolute atomic E-state index is 12.1. The van der Waals surface area contributed by atoms with E-state index in [4.69, 9.17) is 9.47 Å². The monoisotopic (exact) mass is 385 g/mol. The van der Waals surface area contributed by atoms with Crippen molar-refractivity contribution in [2.75, 3.05) is 18.4 Å². The number of anilines is 1. The van der Waals surface area contributed by atoms with Crippen LogP contribution in [0.2, 0.25) is 0 Å². The van der Waals surface area contributed by atoms with Crippen molar-refractivity contribution in [3.05, 3.63) is 24.0 Å². The van der Waals surface area contributed by atoms with E-state index in [1.165, 1.54) is 6.20 Å². The number of carbonyl (C=O) groups is 1. The van der Waals surface area contributed by atoms with Crippen molar-refractivity contribution in [1.29, 1.82) is 0 Å². The van der Waals surface area contributed by atoms with Crippen LogP contribution in [-0.4, -0.2) is 44.1 Å². The van der Waals surface area contributed by atoms with E-state index < -0.39 is 27.8 Å². The maximum Gasteiger partial charge on any atom is 0.408 e. The number of pyridine rings is 1. The third kappa shape index (κ3) is 6.45. The lowest BCUT2D eigenvalue weighted by molar-refractivity contribution is 0.0491. The van der Waals surface area contributed by atoms with Gasteiger partial charge in [0.2, 0.25) is 10.0 Å². The van der Waals surface area contributed by atoms with E-state index in [1.54, 1.807) is 40.0 Å². The molecule has 0 bridgehead atoms. The molecule has 0 aromatic carbocycles. The van der Waals surface area contributed by atoms with E-state index >= 15 is 0 Å². The highest BCUT2D eigenvalue weighted by molar-refractivity contribution is 7.93. The molecule has 2 N–H and O–H groups in total. The van der Waals surface area contributed by atoms with Gasteiger partial charge in [0.05, 0.1) is 22.7 Å². The summed E-state index contributed by atoms with van der Waals surface area (Å²) in [6.45, 7) is 5.74. The van der Waals surface area contributed by atoms with E-state index in [-0.39, 0.29) is 5.25 Å². The summed E-state index contributed by atoms with van der Waals surface area (Å²) in [6.07, 6.45) is 2.79. The van der Waals surface area contributed by atoms with Crippen molar-refractivity contribution in [3.63, 3.8) is 0 Å². The fourth-order valence-electron chi connectivity index (χ4n) is 2.31. The molecule has 2 rings (SSSR count). The van der Waals surface area contributed by atoms with Gasteiger partial charge in [0, 0.05) is 19.9 Å². The molecule has 0 radical (unpaired) electrons. The van der Waals surface area contributed by atoms with Gasteiger partial charge in [0.15, 0.2) is 0 Å². The fourth-order valence-corrected chi connectivity index (χ4v) is 3.69. The molecule has 1 aromatic rings. The molecule has 9 heteroatoms. The first-order chi connectivity index (χ1) is 12.1. The molecule has 0 saturated heterocycles. The third-order valence-electron chi connectivity index (χ3n) is 3.66. The van der Waals surface area contributed by atoms with Crippen LogP contribution in [-0.2, 0) is 19.5 Å². The van der Waals surface area contributed by atoms with Gasteiger partial charge >= 0.3 is 6.09 Å². The van der Waals surface area contributed by atoms with Crippen molar-refractivity contribution in [2.45, 2.75) is 56.9 Å². The molecule has 26 heavy (non-hydrogen) atoms. The van der Waals surface area contributed by atoms with Crippen LogP contribution in [0.5, 0.6) is 0 Å². The van der Waals surface area contributed by atoms with E-state index in [1.807, 2.05) is 0 Å². The number of carbonyl (C=O) groups excluding carboxylic acids is 1. The molecule has 1 aliphatic rings. The van der Waals surface area contributed by atoms with E-state index in [2.05, 4.69) is 15.0 Å². The van der Waals surface area contributed by atoms with Crippen LogP contribution in [0.25, 0.3) is 0 Å². The predicted molar refractivity (Wildman–Crippen MR) is 98.4 cm³/mol. The lowest BCUT2D eigenvalue weighted by atomic mass is 10.1. The molecule has 1 aliphatic carbocycles. The van der Waals surface area contributed by atoms with Crippen molar-refractivity contribution < 1.29 is 22.7 Å². The first-order valence-electron chi connectivity index (χ1n) is 8.57. The predicted octanol–water partition coefficient (Wildman–Crippen LogP) is 2.59. The highest BCUT2D eigenvalue weighted by Crippen LogP contribution is 2.30. The highest BCUT2D eigenvalue weighted by Gasteiger charge is 2.35. The van der Waals surface area contributed by atoms with E-state index in [0.29, 0.717) is 37.3 Å². The van der Waals surface area contributed by atoms with Crippen LogP contribution in [0.15, 0.2) is 18.3 Å². The Morgan fingerprint density at radius 1 is 1.38 bits per heavy atom. The second kappa shape index (κ2) is 8.22.